The van der Waals surface area contributed by atoms with Crippen LogP contribution in [0.4, 0.5) is 0 Å². The van der Waals surface area contributed by atoms with Crippen LogP contribution in [0, 0.1) is 0 Å². The molecule has 2 aromatic carbocycles. The van der Waals surface area contributed by atoms with Crippen molar-refractivity contribution in [3.05, 3.63) is 53.9 Å². The monoisotopic (exact) mass is 352 g/mol. The maximum Gasteiger partial charge on any atom is 0.328 e. The Bertz CT molecular complexity index is 885. The lowest BCUT2D eigenvalue weighted by atomic mass is 9.95. The fraction of sp³-hybridized carbons (Fsp3) is 0.400. The van der Waals surface area contributed by atoms with Gasteiger partial charge in [0.15, 0.2) is 11.9 Å². The smallest absolute Gasteiger partial charge is 0.328 e. The van der Waals surface area contributed by atoms with Crippen molar-refractivity contribution in [1.29, 1.82) is 0 Å². The van der Waals surface area contributed by atoms with Crippen LogP contribution in [-0.2, 0) is 11.2 Å². The molecule has 0 aliphatic carbocycles. The van der Waals surface area contributed by atoms with Crippen LogP contribution < -0.4 is 0 Å². The molecule has 1 heterocycles. The van der Waals surface area contributed by atoms with Crippen LogP contribution in [-0.4, -0.2) is 31.3 Å². The molecule has 0 aliphatic rings. The number of fused-ring (bicyclic) bond motifs is 1. The first-order chi connectivity index (χ1) is 12.6. The molecule has 3 rings (SSSR count). The number of hydrogen-bond acceptors (Lipinski definition) is 4. The minimum atomic E-state index is -0.885. The average molecular weight is 352 g/mol. The van der Waals surface area contributed by atoms with Gasteiger partial charge in [-0.15, -0.1) is 5.10 Å². The van der Waals surface area contributed by atoms with Crippen molar-refractivity contribution in [2.24, 2.45) is 0 Å². The SMILES string of the molecule is CCCC[C@@H](C(=O)O)n1nnnc1[C@@H](C)Cc1cccc2ccccc12. The van der Waals surface area contributed by atoms with E-state index in [9.17, 15) is 9.90 Å². The first kappa shape index (κ1) is 18.0. The fourth-order valence-electron chi connectivity index (χ4n) is 3.39. The van der Waals surface area contributed by atoms with Gasteiger partial charge in [0.25, 0.3) is 0 Å². The number of aromatic nitrogens is 4. The summed E-state index contributed by atoms with van der Waals surface area (Å²) in [4.78, 5) is 11.7. The van der Waals surface area contributed by atoms with Gasteiger partial charge >= 0.3 is 5.97 Å². The lowest BCUT2D eigenvalue weighted by Crippen LogP contribution is -2.23. The number of hydrogen-bond donors (Lipinski definition) is 1. The lowest BCUT2D eigenvalue weighted by molar-refractivity contribution is -0.141. The average Bonchev–Trinajstić information content (AvgIpc) is 3.11. The Morgan fingerprint density at radius 1 is 1.19 bits per heavy atom. The van der Waals surface area contributed by atoms with Gasteiger partial charge < -0.3 is 5.11 Å². The predicted octanol–water partition coefficient (Wildman–Crippen LogP) is 3.99. The van der Waals surface area contributed by atoms with E-state index in [1.54, 1.807) is 0 Å². The highest BCUT2D eigenvalue weighted by Crippen LogP contribution is 2.26. The third-order valence-corrected chi connectivity index (χ3v) is 4.78. The van der Waals surface area contributed by atoms with Crippen molar-refractivity contribution in [3.63, 3.8) is 0 Å². The Balaban J connectivity index is 1.88. The van der Waals surface area contributed by atoms with Crippen LogP contribution in [0.15, 0.2) is 42.5 Å². The molecule has 136 valence electrons. The molecule has 0 saturated carbocycles. The standard InChI is InChI=1S/C20H24N4O2/c1-3-4-12-18(20(25)26)24-19(21-22-23-24)14(2)13-16-10-7-9-15-8-5-6-11-17(15)16/h5-11,14,18H,3-4,12-13H2,1-2H3,(H,25,26)/t14-,18-/m0/s1. The second kappa shape index (κ2) is 8.08. The lowest BCUT2D eigenvalue weighted by Gasteiger charge is -2.17. The number of tetrazole rings is 1. The Labute approximate surface area is 152 Å². The van der Waals surface area contributed by atoms with Crippen LogP contribution in [0.1, 0.15) is 56.5 Å². The summed E-state index contributed by atoms with van der Waals surface area (Å²) in [5.41, 5.74) is 1.21. The summed E-state index contributed by atoms with van der Waals surface area (Å²) in [6, 6.07) is 13.8. The highest BCUT2D eigenvalue weighted by atomic mass is 16.4. The maximum atomic E-state index is 11.7. The van der Waals surface area contributed by atoms with Crippen molar-refractivity contribution in [2.45, 2.75) is 51.5 Å². The van der Waals surface area contributed by atoms with Crippen molar-refractivity contribution in [2.75, 3.05) is 0 Å². The minimum absolute atomic E-state index is 0.0132. The number of carbonyl (C=O) groups is 1. The second-order valence-corrected chi connectivity index (χ2v) is 6.72. The van der Waals surface area contributed by atoms with Crippen molar-refractivity contribution in [1.82, 2.24) is 20.2 Å². The van der Waals surface area contributed by atoms with Crippen LogP contribution >= 0.6 is 0 Å². The van der Waals surface area contributed by atoms with E-state index in [2.05, 4.69) is 45.9 Å². The van der Waals surface area contributed by atoms with Crippen molar-refractivity contribution >= 4 is 16.7 Å². The van der Waals surface area contributed by atoms with Gasteiger partial charge in [-0.25, -0.2) is 9.48 Å². The van der Waals surface area contributed by atoms with E-state index in [4.69, 9.17) is 0 Å². The molecule has 0 spiro atoms. The van der Waals surface area contributed by atoms with E-state index in [1.807, 2.05) is 26.0 Å². The summed E-state index contributed by atoms with van der Waals surface area (Å²) < 4.78 is 1.49. The van der Waals surface area contributed by atoms with Crippen molar-refractivity contribution < 1.29 is 9.90 Å². The van der Waals surface area contributed by atoms with E-state index in [1.165, 1.54) is 21.0 Å². The van der Waals surface area contributed by atoms with E-state index < -0.39 is 12.0 Å². The molecule has 2 atom stereocenters. The van der Waals surface area contributed by atoms with Gasteiger partial charge in [0.1, 0.15) is 0 Å². The van der Waals surface area contributed by atoms with E-state index >= 15 is 0 Å². The quantitative estimate of drug-likeness (QED) is 0.663. The van der Waals surface area contributed by atoms with Crippen molar-refractivity contribution in [3.8, 4) is 0 Å². The molecule has 3 aromatic rings. The minimum Gasteiger partial charge on any atom is -0.480 e. The topological polar surface area (TPSA) is 80.9 Å². The number of benzene rings is 2. The van der Waals surface area contributed by atoms with Gasteiger partial charge in [0, 0.05) is 5.92 Å². The zero-order chi connectivity index (χ0) is 18.5. The molecule has 0 radical (unpaired) electrons. The first-order valence-corrected chi connectivity index (χ1v) is 9.09. The summed E-state index contributed by atoms with van der Waals surface area (Å²) in [6.45, 7) is 4.09. The Kier molecular flexibility index (Phi) is 5.61. The Hall–Kier alpha value is -2.76. The van der Waals surface area contributed by atoms with Gasteiger partial charge in [0.2, 0.25) is 0 Å². The molecule has 6 nitrogen and oxygen atoms in total. The summed E-state index contributed by atoms with van der Waals surface area (Å²) in [5.74, 6) is -0.245. The first-order valence-electron chi connectivity index (χ1n) is 9.09. The molecule has 0 aliphatic heterocycles. The summed E-state index contributed by atoms with van der Waals surface area (Å²) >= 11 is 0. The second-order valence-electron chi connectivity index (χ2n) is 6.72. The molecule has 26 heavy (non-hydrogen) atoms. The zero-order valence-electron chi connectivity index (χ0n) is 15.2. The number of unbranched alkanes of at least 4 members (excludes halogenated alkanes) is 1. The van der Waals surface area contributed by atoms with E-state index in [0.717, 1.165) is 19.3 Å². The van der Waals surface area contributed by atoms with Crippen LogP contribution in [0.2, 0.25) is 0 Å². The van der Waals surface area contributed by atoms with Crippen LogP contribution in [0.5, 0.6) is 0 Å². The predicted molar refractivity (Wildman–Crippen MR) is 100 cm³/mol. The number of rotatable bonds is 8. The zero-order valence-corrected chi connectivity index (χ0v) is 15.2. The summed E-state index contributed by atoms with van der Waals surface area (Å²) in [7, 11) is 0. The van der Waals surface area contributed by atoms with Gasteiger partial charge in [0.05, 0.1) is 0 Å². The van der Waals surface area contributed by atoms with Gasteiger partial charge in [-0.1, -0.05) is 69.2 Å². The summed E-state index contributed by atoms with van der Waals surface area (Å²) in [5, 5.41) is 23.9. The molecular formula is C20H24N4O2. The van der Waals surface area contributed by atoms with Crippen LogP contribution in [0.25, 0.3) is 10.8 Å². The molecule has 1 N–H and O–H groups in total. The van der Waals surface area contributed by atoms with Gasteiger partial charge in [-0.05, 0) is 39.6 Å². The highest BCUT2D eigenvalue weighted by Gasteiger charge is 2.26. The third kappa shape index (κ3) is 3.74. The van der Waals surface area contributed by atoms with Gasteiger partial charge in [-0.2, -0.15) is 0 Å². The highest BCUT2D eigenvalue weighted by molar-refractivity contribution is 5.85. The summed E-state index contributed by atoms with van der Waals surface area (Å²) in [6.07, 6.45) is 3.05. The fourth-order valence-corrected chi connectivity index (χ4v) is 3.39. The Morgan fingerprint density at radius 3 is 2.73 bits per heavy atom. The number of carboxylic acids is 1. The number of aliphatic carboxylic acids is 1. The molecule has 0 fully saturated rings. The molecule has 0 amide bonds. The number of carboxylic acid groups (broad SMARTS) is 1. The number of nitrogens with zero attached hydrogens (tertiary/aromatic N) is 4. The molecule has 0 unspecified atom stereocenters. The van der Waals surface area contributed by atoms with E-state index in [-0.39, 0.29) is 5.92 Å². The maximum absolute atomic E-state index is 11.7. The Morgan fingerprint density at radius 2 is 1.96 bits per heavy atom. The molecule has 0 bridgehead atoms. The normalized spacial score (nSPS) is 13.6. The van der Waals surface area contributed by atoms with Gasteiger partial charge in [-0.3, -0.25) is 0 Å². The molecular weight excluding hydrogens is 328 g/mol. The molecule has 0 saturated heterocycles. The third-order valence-electron chi connectivity index (χ3n) is 4.78. The molecule has 1 aromatic heterocycles. The molecule has 6 heteroatoms. The van der Waals surface area contributed by atoms with Crippen LogP contribution in [0.3, 0.4) is 0 Å². The largest absolute Gasteiger partial charge is 0.480 e. The van der Waals surface area contributed by atoms with E-state index in [0.29, 0.717) is 12.2 Å².